The van der Waals surface area contributed by atoms with Gasteiger partial charge in [0.05, 0.1) is 17.0 Å². The first-order chi connectivity index (χ1) is 12.2. The Labute approximate surface area is 156 Å². The fraction of sp³-hybridized carbons (Fsp3) is 0.556. The van der Waals surface area contributed by atoms with Crippen molar-refractivity contribution in [2.75, 3.05) is 19.6 Å². The Kier molecular flexibility index (Phi) is 4.74. The molecule has 1 unspecified atom stereocenters. The van der Waals surface area contributed by atoms with Crippen molar-refractivity contribution in [1.29, 1.82) is 0 Å². The Hall–Kier alpha value is -2.06. The number of nitrogens with zero attached hydrogens (tertiary/aromatic N) is 4. The maximum absolute atomic E-state index is 13.0. The smallest absolute Gasteiger partial charge is 0.277 e. The summed E-state index contributed by atoms with van der Waals surface area (Å²) in [6.07, 6.45) is 0.906. The normalized spacial score (nSPS) is 20.0. The number of nitrogens with two attached hydrogens (primary N) is 1. The van der Waals surface area contributed by atoms with Crippen LogP contribution in [-0.4, -0.2) is 45.2 Å². The van der Waals surface area contributed by atoms with Crippen LogP contribution in [0.5, 0.6) is 0 Å². The van der Waals surface area contributed by atoms with Gasteiger partial charge in [-0.2, -0.15) is 5.10 Å². The van der Waals surface area contributed by atoms with Crippen LogP contribution < -0.4 is 11.3 Å². The van der Waals surface area contributed by atoms with Gasteiger partial charge in [-0.15, -0.1) is 11.3 Å². The summed E-state index contributed by atoms with van der Waals surface area (Å²) in [7, 11) is 1.63. The maximum atomic E-state index is 13.0. The van der Waals surface area contributed by atoms with Gasteiger partial charge in [0, 0.05) is 20.1 Å². The zero-order valence-corrected chi connectivity index (χ0v) is 16.7. The van der Waals surface area contributed by atoms with Gasteiger partial charge in [-0.25, -0.2) is 9.67 Å². The number of amides is 1. The summed E-state index contributed by atoms with van der Waals surface area (Å²) < 4.78 is 1.32. The third kappa shape index (κ3) is 3.07. The van der Waals surface area contributed by atoms with Crippen LogP contribution in [0.1, 0.15) is 40.0 Å². The van der Waals surface area contributed by atoms with Gasteiger partial charge in [-0.05, 0) is 44.7 Å². The lowest BCUT2D eigenvalue weighted by atomic mass is 9.90. The number of hydrogen-bond acceptors (Lipinski definition) is 6. The molecule has 1 saturated heterocycles. The van der Waals surface area contributed by atoms with E-state index in [0.29, 0.717) is 40.8 Å². The summed E-state index contributed by atoms with van der Waals surface area (Å²) in [5, 5.41) is 4.78. The van der Waals surface area contributed by atoms with E-state index in [9.17, 15) is 9.59 Å². The summed E-state index contributed by atoms with van der Waals surface area (Å²) in [4.78, 5) is 32.5. The number of likely N-dealkylation sites (tertiary alicyclic amines) is 1. The number of carbonyl (C=O) groups excluding carboxylic acids is 1. The first-order valence-corrected chi connectivity index (χ1v) is 9.50. The first kappa shape index (κ1) is 18.7. The summed E-state index contributed by atoms with van der Waals surface area (Å²) in [5.74, 6) is -0.0244. The van der Waals surface area contributed by atoms with Crippen LogP contribution >= 0.6 is 11.3 Å². The summed E-state index contributed by atoms with van der Waals surface area (Å²) in [5.41, 5.74) is 8.40. The molecular weight excluding hydrogens is 350 g/mol. The molecule has 1 amide bonds. The highest BCUT2D eigenvalue weighted by Gasteiger charge is 2.36. The molecule has 0 bridgehead atoms. The molecule has 8 heteroatoms. The van der Waals surface area contributed by atoms with Crippen molar-refractivity contribution in [2.24, 2.45) is 18.2 Å². The molecule has 1 aliphatic rings. The molecular formula is C18H25N5O2S. The third-order valence-corrected chi connectivity index (χ3v) is 6.43. The van der Waals surface area contributed by atoms with E-state index < -0.39 is 0 Å². The van der Waals surface area contributed by atoms with Gasteiger partial charge in [0.15, 0.2) is 0 Å². The molecule has 26 heavy (non-hydrogen) atoms. The third-order valence-electron chi connectivity index (χ3n) is 5.27. The summed E-state index contributed by atoms with van der Waals surface area (Å²) in [6.45, 7) is 9.58. The van der Waals surface area contributed by atoms with Gasteiger partial charge in [-0.3, -0.25) is 9.59 Å². The van der Waals surface area contributed by atoms with Crippen LogP contribution in [0.3, 0.4) is 0 Å². The highest BCUT2D eigenvalue weighted by atomic mass is 32.1. The van der Waals surface area contributed by atoms with Crippen LogP contribution in [0, 0.1) is 26.2 Å². The molecule has 140 valence electrons. The number of aromatic nitrogens is 3. The molecule has 0 spiro atoms. The second-order valence-electron chi connectivity index (χ2n) is 7.44. The Morgan fingerprint density at radius 1 is 1.31 bits per heavy atom. The Bertz CT molecular complexity index is 932. The van der Waals surface area contributed by atoms with Crippen LogP contribution in [0.2, 0.25) is 0 Å². The standard InChI is InChI=1S/C18H25N5O2S/c1-10-11(2)21-22(5)16(24)13(10)15-20-12(3)14(26-15)17(25)23-7-6-18(4,8-19)9-23/h6-9,19H2,1-5H3. The summed E-state index contributed by atoms with van der Waals surface area (Å²) in [6, 6.07) is 0. The second kappa shape index (κ2) is 6.59. The average molecular weight is 375 g/mol. The highest BCUT2D eigenvalue weighted by molar-refractivity contribution is 7.17. The predicted molar refractivity (Wildman–Crippen MR) is 102 cm³/mol. The number of thiazole rings is 1. The molecule has 3 heterocycles. The van der Waals surface area contributed by atoms with Crippen molar-refractivity contribution in [3.63, 3.8) is 0 Å². The van der Waals surface area contributed by atoms with E-state index in [1.807, 2.05) is 25.7 Å². The molecule has 0 saturated carbocycles. The molecule has 2 aromatic rings. The molecule has 7 nitrogen and oxygen atoms in total. The number of carbonyl (C=O) groups is 1. The van der Waals surface area contributed by atoms with Crippen molar-refractivity contribution in [2.45, 2.75) is 34.1 Å². The van der Waals surface area contributed by atoms with E-state index in [0.717, 1.165) is 17.7 Å². The van der Waals surface area contributed by atoms with Gasteiger partial charge in [-0.1, -0.05) is 6.92 Å². The van der Waals surface area contributed by atoms with Crippen LogP contribution in [0.15, 0.2) is 4.79 Å². The van der Waals surface area contributed by atoms with E-state index in [2.05, 4.69) is 17.0 Å². The highest BCUT2D eigenvalue weighted by Crippen LogP contribution is 2.33. The zero-order chi connectivity index (χ0) is 19.2. The van der Waals surface area contributed by atoms with E-state index in [4.69, 9.17) is 5.73 Å². The lowest BCUT2D eigenvalue weighted by Crippen LogP contribution is -2.34. The predicted octanol–water partition coefficient (Wildman–Crippen LogP) is 1.64. The first-order valence-electron chi connectivity index (χ1n) is 8.68. The van der Waals surface area contributed by atoms with E-state index in [1.165, 1.54) is 16.0 Å². The lowest BCUT2D eigenvalue weighted by Gasteiger charge is -2.22. The van der Waals surface area contributed by atoms with E-state index in [-0.39, 0.29) is 16.9 Å². The minimum atomic E-state index is -0.197. The molecule has 0 aliphatic carbocycles. The number of rotatable bonds is 3. The van der Waals surface area contributed by atoms with E-state index in [1.54, 1.807) is 7.05 Å². The molecule has 1 fully saturated rings. The van der Waals surface area contributed by atoms with E-state index >= 15 is 0 Å². The maximum Gasteiger partial charge on any atom is 0.277 e. The van der Waals surface area contributed by atoms with Crippen molar-refractivity contribution in [1.82, 2.24) is 19.7 Å². The second-order valence-corrected chi connectivity index (χ2v) is 8.44. The number of hydrogen-bond donors (Lipinski definition) is 1. The van der Waals surface area contributed by atoms with Crippen molar-refractivity contribution in [3.05, 3.63) is 32.2 Å². The Morgan fingerprint density at radius 3 is 2.62 bits per heavy atom. The van der Waals surface area contributed by atoms with Crippen molar-refractivity contribution >= 4 is 17.2 Å². The molecule has 3 rings (SSSR count). The van der Waals surface area contributed by atoms with Gasteiger partial charge < -0.3 is 10.6 Å². The monoisotopic (exact) mass is 375 g/mol. The fourth-order valence-electron chi connectivity index (χ4n) is 3.31. The Balaban J connectivity index is 1.99. The van der Waals surface area contributed by atoms with Crippen LogP contribution in [0.4, 0.5) is 0 Å². The largest absolute Gasteiger partial charge is 0.337 e. The summed E-state index contributed by atoms with van der Waals surface area (Å²) >= 11 is 1.29. The van der Waals surface area contributed by atoms with Crippen LogP contribution in [-0.2, 0) is 7.05 Å². The van der Waals surface area contributed by atoms with Gasteiger partial charge in [0.25, 0.3) is 11.5 Å². The van der Waals surface area contributed by atoms with Crippen molar-refractivity contribution < 1.29 is 4.79 Å². The average Bonchev–Trinajstić information content (AvgIpc) is 3.17. The molecule has 2 aromatic heterocycles. The topological polar surface area (TPSA) is 94.1 Å². The van der Waals surface area contributed by atoms with Crippen molar-refractivity contribution in [3.8, 4) is 10.6 Å². The zero-order valence-electron chi connectivity index (χ0n) is 15.9. The number of aryl methyl sites for hydroxylation is 3. The fourth-order valence-corrected chi connectivity index (χ4v) is 4.44. The quantitative estimate of drug-likeness (QED) is 0.880. The minimum absolute atomic E-state index is 0.0220. The Morgan fingerprint density at radius 2 is 2.00 bits per heavy atom. The molecule has 2 N–H and O–H groups in total. The molecule has 0 aromatic carbocycles. The minimum Gasteiger partial charge on any atom is -0.337 e. The lowest BCUT2D eigenvalue weighted by molar-refractivity contribution is 0.0780. The molecule has 1 aliphatic heterocycles. The molecule has 0 radical (unpaired) electrons. The van der Waals surface area contributed by atoms with Gasteiger partial charge in [0.1, 0.15) is 9.88 Å². The van der Waals surface area contributed by atoms with Gasteiger partial charge in [0.2, 0.25) is 0 Å². The molecule has 1 atom stereocenters. The van der Waals surface area contributed by atoms with Crippen LogP contribution in [0.25, 0.3) is 10.6 Å². The van der Waals surface area contributed by atoms with Gasteiger partial charge >= 0.3 is 0 Å². The SMILES string of the molecule is Cc1nc(-c2c(C)c(C)nn(C)c2=O)sc1C(=O)N1CCC(C)(CN)C1.